The minimum absolute atomic E-state index is 0.344. The highest BCUT2D eigenvalue weighted by Crippen LogP contribution is 2.35. The van der Waals surface area contributed by atoms with Crippen LogP contribution >= 0.6 is 0 Å². The van der Waals surface area contributed by atoms with E-state index in [9.17, 15) is 27.6 Å². The Morgan fingerprint density at radius 1 is 1.02 bits per heavy atom. The van der Waals surface area contributed by atoms with Crippen LogP contribution in [0.15, 0.2) is 48.5 Å². The quantitative estimate of drug-likeness (QED) is 0.277. The first-order valence-corrected chi connectivity index (χ1v) is 14.7. The van der Waals surface area contributed by atoms with E-state index in [1.807, 2.05) is 33.9 Å². The molecule has 1 spiro atoms. The number of piperidine rings is 1. The van der Waals surface area contributed by atoms with Crippen molar-refractivity contribution in [3.8, 4) is 0 Å². The highest BCUT2D eigenvalue weighted by molar-refractivity contribution is 5.75. The van der Waals surface area contributed by atoms with Crippen LogP contribution in [0, 0.1) is 0 Å². The summed E-state index contributed by atoms with van der Waals surface area (Å²) in [6.07, 6.45) is -2.00. The molecule has 2 fully saturated rings. The number of halogens is 3. The number of carbonyl (C=O) groups is 3. The Labute approximate surface area is 257 Å². The van der Waals surface area contributed by atoms with Gasteiger partial charge in [-0.25, -0.2) is 9.59 Å². The first-order valence-electron chi connectivity index (χ1n) is 14.7. The lowest BCUT2D eigenvalue weighted by atomic mass is 9.91. The number of hydrogen-bond acceptors (Lipinski definition) is 7. The lowest BCUT2D eigenvalue weighted by Crippen LogP contribution is -2.46. The van der Waals surface area contributed by atoms with Crippen molar-refractivity contribution in [1.29, 1.82) is 0 Å². The van der Waals surface area contributed by atoms with Crippen molar-refractivity contribution in [2.24, 2.45) is 0 Å². The van der Waals surface area contributed by atoms with Crippen molar-refractivity contribution in [3.63, 3.8) is 0 Å². The third kappa shape index (κ3) is 11.1. The Kier molecular flexibility index (Phi) is 12.2. The van der Waals surface area contributed by atoms with Crippen molar-refractivity contribution in [2.75, 3.05) is 39.8 Å². The van der Waals surface area contributed by atoms with Crippen LogP contribution < -0.4 is 10.6 Å². The summed E-state index contributed by atoms with van der Waals surface area (Å²) in [4.78, 5) is 38.3. The zero-order chi connectivity index (χ0) is 32.4. The van der Waals surface area contributed by atoms with Crippen molar-refractivity contribution in [1.82, 2.24) is 20.4 Å². The molecule has 0 aliphatic carbocycles. The molecular weight excluding hydrogens is 577 g/mol. The molecule has 0 unspecified atom stereocenters. The Balaban J connectivity index is 0.000000345. The predicted molar refractivity (Wildman–Crippen MR) is 160 cm³/mol. The summed E-state index contributed by atoms with van der Waals surface area (Å²) >= 11 is 0. The number of benzene rings is 2. The normalized spacial score (nSPS) is 16.6. The topological polar surface area (TPSA) is 100 Å². The van der Waals surface area contributed by atoms with E-state index in [-0.39, 0.29) is 12.2 Å². The van der Waals surface area contributed by atoms with Crippen LogP contribution in [0.1, 0.15) is 67.1 Å². The van der Waals surface area contributed by atoms with Gasteiger partial charge in [0, 0.05) is 51.1 Å². The number of alkyl halides is 3. The number of amides is 2. The van der Waals surface area contributed by atoms with E-state index < -0.39 is 22.9 Å². The molecule has 44 heavy (non-hydrogen) atoms. The van der Waals surface area contributed by atoms with Crippen LogP contribution in [-0.2, 0) is 28.7 Å². The summed E-state index contributed by atoms with van der Waals surface area (Å²) in [6, 6.07) is 12.4. The van der Waals surface area contributed by atoms with E-state index >= 15 is 0 Å². The van der Waals surface area contributed by atoms with Gasteiger partial charge >= 0.3 is 18.4 Å². The Morgan fingerprint density at radius 3 is 2.30 bits per heavy atom. The highest BCUT2D eigenvalue weighted by Gasteiger charge is 2.46. The molecular formula is C32H43F3N4O5. The molecule has 12 heteroatoms. The molecule has 2 aromatic carbocycles. The minimum Gasteiger partial charge on any atom is -0.444 e. The van der Waals surface area contributed by atoms with Gasteiger partial charge in [-0.3, -0.25) is 14.6 Å². The van der Waals surface area contributed by atoms with Gasteiger partial charge in [0.25, 0.3) is 0 Å². The maximum absolute atomic E-state index is 12.7. The highest BCUT2D eigenvalue weighted by atomic mass is 19.4. The maximum Gasteiger partial charge on any atom is 0.416 e. The molecule has 0 atom stereocenters. The van der Waals surface area contributed by atoms with Crippen LogP contribution in [0.2, 0.25) is 0 Å². The SMILES string of the molecule is CNCCCNC(=O)OC(C)(C)C.O=Cc1cccc(CN2CC3(CCN(Cc4ccc(C(F)(F)F)cc4)CC3)OC2=O)c1. The summed E-state index contributed by atoms with van der Waals surface area (Å²) in [5, 5.41) is 5.67. The van der Waals surface area contributed by atoms with Gasteiger partial charge in [-0.2, -0.15) is 13.2 Å². The van der Waals surface area contributed by atoms with Gasteiger partial charge in [-0.05, 0) is 70.1 Å². The average molecular weight is 621 g/mol. The number of carbonyl (C=O) groups excluding carboxylic acids is 3. The molecule has 9 nitrogen and oxygen atoms in total. The van der Waals surface area contributed by atoms with Gasteiger partial charge in [-0.15, -0.1) is 0 Å². The largest absolute Gasteiger partial charge is 0.444 e. The van der Waals surface area contributed by atoms with Crippen LogP contribution in [-0.4, -0.2) is 79.2 Å². The summed E-state index contributed by atoms with van der Waals surface area (Å²) in [7, 11) is 1.88. The van der Waals surface area contributed by atoms with Gasteiger partial charge in [0.1, 0.15) is 17.5 Å². The second kappa shape index (κ2) is 15.4. The summed E-state index contributed by atoms with van der Waals surface area (Å²) < 4.78 is 48.9. The van der Waals surface area contributed by atoms with Gasteiger partial charge in [-0.1, -0.05) is 30.3 Å². The Morgan fingerprint density at radius 2 is 1.70 bits per heavy atom. The van der Waals surface area contributed by atoms with E-state index in [1.165, 1.54) is 12.1 Å². The molecule has 2 N–H and O–H groups in total. The summed E-state index contributed by atoms with van der Waals surface area (Å²) in [6.45, 7) is 9.92. The molecule has 4 rings (SSSR count). The zero-order valence-corrected chi connectivity index (χ0v) is 25.8. The molecule has 2 aliphatic rings. The number of alkyl carbamates (subject to hydrolysis) is 1. The van der Waals surface area contributed by atoms with E-state index in [1.54, 1.807) is 23.1 Å². The van der Waals surface area contributed by atoms with Crippen molar-refractivity contribution < 1.29 is 37.0 Å². The molecule has 0 bridgehead atoms. The summed E-state index contributed by atoms with van der Waals surface area (Å²) in [5.41, 5.74) is 0.674. The number of nitrogens with zero attached hydrogens (tertiary/aromatic N) is 2. The smallest absolute Gasteiger partial charge is 0.416 e. The van der Waals surface area contributed by atoms with Crippen LogP contribution in [0.25, 0.3) is 0 Å². The van der Waals surface area contributed by atoms with Gasteiger partial charge < -0.3 is 20.1 Å². The fourth-order valence-corrected chi connectivity index (χ4v) is 5.01. The van der Waals surface area contributed by atoms with Crippen molar-refractivity contribution in [3.05, 3.63) is 70.8 Å². The van der Waals surface area contributed by atoms with E-state index in [0.29, 0.717) is 57.7 Å². The monoisotopic (exact) mass is 620 g/mol. The lowest BCUT2D eigenvalue weighted by molar-refractivity contribution is -0.137. The molecule has 0 radical (unpaired) electrons. The van der Waals surface area contributed by atoms with Crippen LogP contribution in [0.5, 0.6) is 0 Å². The fraction of sp³-hybridized carbons (Fsp3) is 0.531. The number of aldehydes is 1. The third-order valence-electron chi connectivity index (χ3n) is 7.23. The number of ether oxygens (including phenoxy) is 2. The van der Waals surface area contributed by atoms with Crippen LogP contribution in [0.3, 0.4) is 0 Å². The molecule has 2 saturated heterocycles. The molecule has 2 aromatic rings. The van der Waals surface area contributed by atoms with Crippen molar-refractivity contribution >= 4 is 18.5 Å². The first-order chi connectivity index (χ1) is 20.7. The maximum atomic E-state index is 12.7. The number of likely N-dealkylation sites (tertiary alicyclic amines) is 1. The standard InChI is InChI=1S/C23H23F3N2O3.C9H20N2O2/c24-23(25,26)20-6-4-17(5-7-20)13-27-10-8-22(9-11-27)16-28(21(30)31-22)14-18-2-1-3-19(12-18)15-29;1-9(2,3)13-8(12)11-7-5-6-10-4/h1-7,12,15H,8-11,13-14,16H2;10H,5-7H2,1-4H3,(H,11,12). The Hall–Kier alpha value is -3.64. The Bertz CT molecular complexity index is 1240. The second-order valence-electron chi connectivity index (χ2n) is 12.1. The summed E-state index contributed by atoms with van der Waals surface area (Å²) in [5.74, 6) is 0. The van der Waals surface area contributed by atoms with Gasteiger partial charge in [0.05, 0.1) is 12.1 Å². The molecule has 2 heterocycles. The zero-order valence-electron chi connectivity index (χ0n) is 25.8. The number of rotatable bonds is 9. The second-order valence-corrected chi connectivity index (χ2v) is 12.1. The van der Waals surface area contributed by atoms with E-state index in [4.69, 9.17) is 9.47 Å². The fourth-order valence-electron chi connectivity index (χ4n) is 5.01. The first kappa shape index (κ1) is 34.8. The molecule has 2 amide bonds. The van der Waals surface area contributed by atoms with Gasteiger partial charge in [0.2, 0.25) is 0 Å². The molecule has 2 aliphatic heterocycles. The van der Waals surface area contributed by atoms with Gasteiger partial charge in [0.15, 0.2) is 0 Å². The number of hydrogen-bond donors (Lipinski definition) is 2. The number of nitrogens with one attached hydrogen (secondary N) is 2. The van der Waals surface area contributed by atoms with E-state index in [0.717, 1.165) is 42.5 Å². The predicted octanol–water partition coefficient (Wildman–Crippen LogP) is 5.63. The average Bonchev–Trinajstić information content (AvgIpc) is 3.25. The lowest BCUT2D eigenvalue weighted by Gasteiger charge is -2.37. The molecule has 0 aromatic heterocycles. The van der Waals surface area contributed by atoms with E-state index in [2.05, 4.69) is 15.5 Å². The molecule has 242 valence electrons. The molecule has 0 saturated carbocycles. The van der Waals surface area contributed by atoms with Crippen LogP contribution in [0.4, 0.5) is 22.8 Å². The minimum atomic E-state index is -4.33. The van der Waals surface area contributed by atoms with Crippen molar-refractivity contribution in [2.45, 2.75) is 70.5 Å². The third-order valence-corrected chi connectivity index (χ3v) is 7.23.